The third-order valence-electron chi connectivity index (χ3n) is 6.57. The lowest BCUT2D eigenvalue weighted by Crippen LogP contribution is -2.46. The Kier molecular flexibility index (Phi) is 4.53. The van der Waals surface area contributed by atoms with E-state index in [9.17, 15) is 4.79 Å². The van der Waals surface area contributed by atoms with Gasteiger partial charge in [-0.15, -0.1) is 11.3 Å². The van der Waals surface area contributed by atoms with Crippen molar-refractivity contribution in [3.63, 3.8) is 0 Å². The van der Waals surface area contributed by atoms with Gasteiger partial charge in [-0.2, -0.15) is 0 Å². The van der Waals surface area contributed by atoms with Gasteiger partial charge in [0.25, 0.3) is 0 Å². The molecule has 7 nitrogen and oxygen atoms in total. The summed E-state index contributed by atoms with van der Waals surface area (Å²) in [6.45, 7) is 6.25. The van der Waals surface area contributed by atoms with E-state index in [1.165, 1.54) is 0 Å². The molecule has 1 amide bonds. The van der Waals surface area contributed by atoms with Crippen LogP contribution in [0.2, 0.25) is 0 Å². The predicted molar refractivity (Wildman–Crippen MR) is 112 cm³/mol. The Hall–Kier alpha value is -2.48. The molecule has 0 saturated carbocycles. The van der Waals surface area contributed by atoms with Crippen molar-refractivity contribution in [1.29, 1.82) is 0 Å². The Labute approximate surface area is 173 Å². The zero-order valence-corrected chi connectivity index (χ0v) is 17.7. The Morgan fingerprint density at radius 2 is 2.14 bits per heavy atom. The molecule has 29 heavy (non-hydrogen) atoms. The highest BCUT2D eigenvalue weighted by atomic mass is 32.1. The first-order chi connectivity index (χ1) is 14.1. The molecule has 0 aliphatic carbocycles. The fourth-order valence-electron chi connectivity index (χ4n) is 4.82. The van der Waals surface area contributed by atoms with E-state index in [1.54, 1.807) is 11.3 Å². The lowest BCUT2D eigenvalue weighted by molar-refractivity contribution is -0.132. The number of carbonyl (C=O) groups is 1. The topological polar surface area (TPSA) is 75.4 Å². The van der Waals surface area contributed by atoms with E-state index in [0.717, 1.165) is 72.0 Å². The third kappa shape index (κ3) is 3.19. The first-order valence-electron chi connectivity index (χ1n) is 10.2. The van der Waals surface area contributed by atoms with Crippen LogP contribution in [0, 0.1) is 13.8 Å². The van der Waals surface area contributed by atoms with Crippen molar-refractivity contribution in [2.75, 3.05) is 18.0 Å². The van der Waals surface area contributed by atoms with Crippen molar-refractivity contribution in [2.45, 2.75) is 58.0 Å². The lowest BCUT2D eigenvalue weighted by atomic mass is 9.87. The highest BCUT2D eigenvalue weighted by molar-refractivity contribution is 7.17. The largest absolute Gasteiger partial charge is 0.361 e. The maximum Gasteiger partial charge on any atom is 0.225 e. The Morgan fingerprint density at radius 1 is 1.24 bits per heavy atom. The molecule has 0 N–H and O–H groups in total. The second kappa shape index (κ2) is 7.09. The molecule has 0 radical (unpaired) electrons. The van der Waals surface area contributed by atoms with Gasteiger partial charge >= 0.3 is 0 Å². The molecule has 1 atom stereocenters. The molecule has 2 aliphatic heterocycles. The van der Waals surface area contributed by atoms with Crippen molar-refractivity contribution in [3.05, 3.63) is 34.7 Å². The van der Waals surface area contributed by atoms with Crippen LogP contribution in [0.3, 0.4) is 0 Å². The molecule has 5 rings (SSSR count). The van der Waals surface area contributed by atoms with Gasteiger partial charge in [0.15, 0.2) is 0 Å². The first kappa shape index (κ1) is 18.5. The Morgan fingerprint density at radius 3 is 2.97 bits per heavy atom. The second-order valence-corrected chi connectivity index (χ2v) is 9.14. The molecule has 8 heteroatoms. The van der Waals surface area contributed by atoms with Crippen LogP contribution in [-0.2, 0) is 11.3 Å². The number of aromatic nitrogens is 3. The van der Waals surface area contributed by atoms with Crippen molar-refractivity contribution in [1.82, 2.24) is 20.0 Å². The molecule has 3 aromatic rings. The lowest BCUT2D eigenvalue weighted by Gasteiger charge is -2.38. The smallest absolute Gasteiger partial charge is 0.225 e. The van der Waals surface area contributed by atoms with E-state index < -0.39 is 0 Å². The van der Waals surface area contributed by atoms with Crippen molar-refractivity contribution in [2.24, 2.45) is 0 Å². The predicted octanol–water partition coefficient (Wildman–Crippen LogP) is 3.85. The van der Waals surface area contributed by atoms with Gasteiger partial charge in [0.2, 0.25) is 11.9 Å². The van der Waals surface area contributed by atoms with Gasteiger partial charge in [-0.05, 0) is 51.0 Å². The van der Waals surface area contributed by atoms with E-state index >= 15 is 0 Å². The third-order valence-corrected chi connectivity index (χ3v) is 7.41. The monoisotopic (exact) mass is 411 g/mol. The van der Waals surface area contributed by atoms with Crippen LogP contribution in [0.1, 0.15) is 49.1 Å². The number of hydrogen-bond acceptors (Lipinski definition) is 7. The van der Waals surface area contributed by atoms with Gasteiger partial charge in [-0.1, -0.05) is 5.16 Å². The maximum atomic E-state index is 12.8. The summed E-state index contributed by atoms with van der Waals surface area (Å²) >= 11 is 1.67. The van der Waals surface area contributed by atoms with Crippen LogP contribution < -0.4 is 4.90 Å². The van der Waals surface area contributed by atoms with Crippen molar-refractivity contribution < 1.29 is 9.32 Å². The molecule has 1 unspecified atom stereocenters. The van der Waals surface area contributed by atoms with Gasteiger partial charge in [0.05, 0.1) is 28.7 Å². The summed E-state index contributed by atoms with van der Waals surface area (Å²) in [4.78, 5) is 26.6. The van der Waals surface area contributed by atoms with Crippen LogP contribution in [-0.4, -0.2) is 44.6 Å². The van der Waals surface area contributed by atoms with Crippen LogP contribution in [0.4, 0.5) is 5.95 Å². The molecular formula is C21H25N5O2S. The zero-order valence-electron chi connectivity index (χ0n) is 16.8. The molecular weight excluding hydrogens is 386 g/mol. The van der Waals surface area contributed by atoms with Gasteiger partial charge in [-0.25, -0.2) is 9.97 Å². The van der Waals surface area contributed by atoms with Crippen LogP contribution in [0.25, 0.3) is 10.2 Å². The first-order valence-corrected chi connectivity index (χ1v) is 11.1. The van der Waals surface area contributed by atoms with E-state index in [1.807, 2.05) is 26.1 Å². The average Bonchev–Trinajstić information content (AvgIpc) is 3.34. The summed E-state index contributed by atoms with van der Waals surface area (Å²) in [6.07, 6.45) is 6.45. The number of amides is 1. The second-order valence-electron chi connectivity index (χ2n) is 8.19. The van der Waals surface area contributed by atoms with Crippen LogP contribution in [0.15, 0.2) is 22.2 Å². The molecule has 3 aromatic heterocycles. The molecule has 2 aliphatic rings. The molecule has 1 spiro atoms. The summed E-state index contributed by atoms with van der Waals surface area (Å²) in [5, 5.41) is 6.12. The fraction of sp³-hybridized carbons (Fsp3) is 0.524. The summed E-state index contributed by atoms with van der Waals surface area (Å²) in [6, 6.07) is 2.05. The minimum atomic E-state index is -0.0888. The highest BCUT2D eigenvalue weighted by Crippen LogP contribution is 2.41. The van der Waals surface area contributed by atoms with Crippen molar-refractivity contribution >= 4 is 33.4 Å². The summed E-state index contributed by atoms with van der Waals surface area (Å²) in [7, 11) is 0. The number of nitrogens with zero attached hydrogens (tertiary/aromatic N) is 5. The molecule has 0 aromatic carbocycles. The number of thiophene rings is 1. The molecule has 0 bridgehead atoms. The standard InChI is InChI=1S/C21H25N5O2S/c1-14-16(15(2)28-24-14)13-26-19(27)4-7-21(26)6-3-9-25(10-8-21)20-22-12-18-17(23-20)5-11-29-18/h5,11-12H,3-4,6-10,13H2,1-2H3. The van der Waals surface area contributed by atoms with E-state index in [-0.39, 0.29) is 11.4 Å². The minimum absolute atomic E-state index is 0.0888. The van der Waals surface area contributed by atoms with Crippen molar-refractivity contribution in [3.8, 4) is 0 Å². The number of hydrogen-bond donors (Lipinski definition) is 0. The highest BCUT2D eigenvalue weighted by Gasteiger charge is 2.46. The summed E-state index contributed by atoms with van der Waals surface area (Å²) in [5.74, 6) is 1.86. The number of anilines is 1. The average molecular weight is 412 g/mol. The van der Waals surface area contributed by atoms with Gasteiger partial charge in [-0.3, -0.25) is 4.79 Å². The maximum absolute atomic E-state index is 12.8. The quantitative estimate of drug-likeness (QED) is 0.652. The van der Waals surface area contributed by atoms with E-state index in [0.29, 0.717) is 13.0 Å². The Bertz CT molecular complexity index is 1040. The normalized spacial score (nSPS) is 22.8. The fourth-order valence-corrected chi connectivity index (χ4v) is 5.51. The molecule has 2 fully saturated rings. The number of likely N-dealkylation sites (tertiary alicyclic amines) is 1. The molecule has 2 saturated heterocycles. The summed E-state index contributed by atoms with van der Waals surface area (Å²) < 4.78 is 6.45. The molecule has 5 heterocycles. The number of carbonyl (C=O) groups excluding carboxylic acids is 1. The SMILES string of the molecule is Cc1noc(C)c1CN1C(=O)CCC12CCCN(c1ncc3sccc3n1)CC2. The van der Waals surface area contributed by atoms with E-state index in [4.69, 9.17) is 9.51 Å². The van der Waals surface area contributed by atoms with Gasteiger partial charge < -0.3 is 14.3 Å². The van der Waals surface area contributed by atoms with Crippen LogP contribution >= 0.6 is 11.3 Å². The minimum Gasteiger partial charge on any atom is -0.361 e. The van der Waals surface area contributed by atoms with E-state index in [2.05, 4.69) is 25.3 Å². The molecule has 152 valence electrons. The summed E-state index contributed by atoms with van der Waals surface area (Å²) in [5.41, 5.74) is 2.85. The Balaban J connectivity index is 1.38. The van der Waals surface area contributed by atoms with Gasteiger partial charge in [0.1, 0.15) is 5.76 Å². The number of rotatable bonds is 3. The zero-order chi connectivity index (χ0) is 20.0. The van der Waals surface area contributed by atoms with Gasteiger partial charge in [0, 0.05) is 30.6 Å². The number of fused-ring (bicyclic) bond motifs is 1. The number of aryl methyl sites for hydroxylation is 2. The van der Waals surface area contributed by atoms with Crippen LogP contribution in [0.5, 0.6) is 0 Å².